The number of nitrogens with one attached hydrogen (secondary N) is 2. The smallest absolute Gasteiger partial charge is 0.240 e. The summed E-state index contributed by atoms with van der Waals surface area (Å²) in [6.45, 7) is 6.36. The lowest BCUT2D eigenvalue weighted by atomic mass is 9.98. The number of carbonyl (C=O) groups excluding carboxylic acids is 2. The van der Waals surface area contributed by atoms with Crippen LogP contribution < -0.4 is 15.4 Å². The molecule has 2 amide bonds. The monoisotopic (exact) mass is 452 g/mol. The van der Waals surface area contributed by atoms with E-state index in [2.05, 4.69) is 48.5 Å². The lowest BCUT2D eigenvalue weighted by molar-refractivity contribution is -0.119. The van der Waals surface area contributed by atoms with Gasteiger partial charge in [-0.05, 0) is 51.1 Å². The summed E-state index contributed by atoms with van der Waals surface area (Å²) in [7, 11) is 3.29. The van der Waals surface area contributed by atoms with Gasteiger partial charge in [0.2, 0.25) is 11.8 Å². The second-order valence-electron chi connectivity index (χ2n) is 7.81. The van der Waals surface area contributed by atoms with E-state index in [0.717, 1.165) is 22.4 Å². The van der Waals surface area contributed by atoms with Crippen LogP contribution in [0, 0.1) is 20.8 Å². The molecule has 0 radical (unpaired) electrons. The number of thiazole rings is 1. The second kappa shape index (κ2) is 10.4. The summed E-state index contributed by atoms with van der Waals surface area (Å²) in [5, 5.41) is 8.12. The van der Waals surface area contributed by atoms with Gasteiger partial charge in [-0.1, -0.05) is 23.8 Å². The van der Waals surface area contributed by atoms with Crippen molar-refractivity contribution >= 4 is 34.0 Å². The number of ether oxygens (including phenoxy) is 1. The zero-order chi connectivity index (χ0) is 23.3. The highest BCUT2D eigenvalue weighted by atomic mass is 32.1. The molecule has 0 unspecified atom stereocenters. The fraction of sp³-hybridized carbons (Fsp3) is 0.292. The maximum Gasteiger partial charge on any atom is 0.240 e. The Bertz CT molecular complexity index is 1100. The van der Waals surface area contributed by atoms with Crippen molar-refractivity contribution in [1.29, 1.82) is 0 Å². The molecular weight excluding hydrogens is 424 g/mol. The summed E-state index contributed by atoms with van der Waals surface area (Å²) < 4.78 is 5.16. The molecule has 2 aromatic carbocycles. The zero-order valence-electron chi connectivity index (χ0n) is 19.0. The number of methoxy groups -OCH3 is 1. The minimum Gasteiger partial charge on any atom is -0.497 e. The number of rotatable bonds is 8. The standard InChI is InChI=1S/C24H28N4O3S/c1-15-9-16(2)23(17(3)10-15)20-14-32-24(26-20)27-22(30)13-28(4)12-21(29)25-18-7-6-8-19(11-18)31-5/h6-11,14H,12-13H2,1-5H3,(H,25,29)(H,26,27,30). The van der Waals surface area contributed by atoms with Crippen LogP contribution in [-0.4, -0.2) is 48.9 Å². The summed E-state index contributed by atoms with van der Waals surface area (Å²) in [6, 6.07) is 11.4. The van der Waals surface area contributed by atoms with Crippen LogP contribution in [-0.2, 0) is 9.59 Å². The molecule has 0 aliphatic rings. The molecular formula is C24H28N4O3S. The second-order valence-corrected chi connectivity index (χ2v) is 8.67. The van der Waals surface area contributed by atoms with Crippen molar-refractivity contribution < 1.29 is 14.3 Å². The minimum absolute atomic E-state index is 0.0725. The van der Waals surface area contributed by atoms with Crippen LogP contribution in [0.25, 0.3) is 11.3 Å². The van der Waals surface area contributed by atoms with E-state index in [0.29, 0.717) is 16.6 Å². The largest absolute Gasteiger partial charge is 0.497 e. The van der Waals surface area contributed by atoms with Gasteiger partial charge in [0.1, 0.15) is 5.75 Å². The van der Waals surface area contributed by atoms with Crippen molar-refractivity contribution in [3.05, 3.63) is 58.5 Å². The fourth-order valence-electron chi connectivity index (χ4n) is 3.64. The summed E-state index contributed by atoms with van der Waals surface area (Å²) in [5.41, 5.74) is 6.13. The third kappa shape index (κ3) is 6.15. The number of anilines is 2. The Morgan fingerprint density at radius 1 is 1.03 bits per heavy atom. The third-order valence-electron chi connectivity index (χ3n) is 4.86. The number of likely N-dealkylation sites (N-methyl/N-ethyl adjacent to an activating group) is 1. The van der Waals surface area contributed by atoms with Crippen molar-refractivity contribution in [2.75, 3.05) is 37.9 Å². The number of amides is 2. The van der Waals surface area contributed by atoms with Gasteiger partial charge in [-0.2, -0.15) is 0 Å². The number of aryl methyl sites for hydroxylation is 3. The van der Waals surface area contributed by atoms with Crippen LogP contribution in [0.4, 0.5) is 10.8 Å². The van der Waals surface area contributed by atoms with Crippen LogP contribution >= 0.6 is 11.3 Å². The molecule has 1 heterocycles. The summed E-state index contributed by atoms with van der Waals surface area (Å²) in [6.07, 6.45) is 0. The van der Waals surface area contributed by atoms with Gasteiger partial charge in [0.15, 0.2) is 5.13 Å². The lowest BCUT2D eigenvalue weighted by Crippen LogP contribution is -2.36. The summed E-state index contributed by atoms with van der Waals surface area (Å²) >= 11 is 1.39. The molecule has 32 heavy (non-hydrogen) atoms. The lowest BCUT2D eigenvalue weighted by Gasteiger charge is -2.15. The molecule has 2 N–H and O–H groups in total. The first-order valence-corrected chi connectivity index (χ1v) is 11.1. The van der Waals surface area contributed by atoms with Gasteiger partial charge < -0.3 is 15.4 Å². The average Bonchev–Trinajstić information content (AvgIpc) is 3.14. The molecule has 8 heteroatoms. The molecule has 0 saturated heterocycles. The van der Waals surface area contributed by atoms with Gasteiger partial charge in [0.25, 0.3) is 0 Å². The van der Waals surface area contributed by atoms with E-state index in [1.807, 2.05) is 5.38 Å². The van der Waals surface area contributed by atoms with Crippen molar-refractivity contribution in [1.82, 2.24) is 9.88 Å². The normalized spacial score (nSPS) is 10.8. The summed E-state index contributed by atoms with van der Waals surface area (Å²) in [4.78, 5) is 30.9. The van der Waals surface area contributed by atoms with E-state index in [9.17, 15) is 9.59 Å². The quantitative estimate of drug-likeness (QED) is 0.534. The van der Waals surface area contributed by atoms with Gasteiger partial charge in [-0.15, -0.1) is 11.3 Å². The molecule has 0 bridgehead atoms. The van der Waals surface area contributed by atoms with E-state index in [1.54, 1.807) is 43.3 Å². The number of hydrogen-bond donors (Lipinski definition) is 2. The first kappa shape index (κ1) is 23.4. The Hall–Kier alpha value is -3.23. The molecule has 0 aliphatic heterocycles. The van der Waals surface area contributed by atoms with E-state index in [1.165, 1.54) is 16.9 Å². The Kier molecular flexibility index (Phi) is 7.61. The third-order valence-corrected chi connectivity index (χ3v) is 5.62. The maximum atomic E-state index is 12.4. The summed E-state index contributed by atoms with van der Waals surface area (Å²) in [5.74, 6) is 0.227. The van der Waals surface area contributed by atoms with Crippen LogP contribution in [0.5, 0.6) is 5.75 Å². The number of aromatic nitrogens is 1. The SMILES string of the molecule is COc1cccc(NC(=O)CN(C)CC(=O)Nc2nc(-c3c(C)cc(C)cc3C)cs2)c1. The molecule has 3 aromatic rings. The zero-order valence-corrected chi connectivity index (χ0v) is 19.8. The molecule has 0 atom stereocenters. The fourth-order valence-corrected chi connectivity index (χ4v) is 4.35. The molecule has 1 aromatic heterocycles. The van der Waals surface area contributed by atoms with E-state index < -0.39 is 0 Å². The molecule has 168 valence electrons. The van der Waals surface area contributed by atoms with Crippen molar-refractivity contribution in [2.45, 2.75) is 20.8 Å². The van der Waals surface area contributed by atoms with Crippen molar-refractivity contribution in [3.8, 4) is 17.0 Å². The Labute approximate surface area is 192 Å². The Balaban J connectivity index is 1.54. The molecule has 0 aliphatic carbocycles. The number of nitrogens with zero attached hydrogens (tertiary/aromatic N) is 2. The van der Waals surface area contributed by atoms with Crippen LogP contribution in [0.1, 0.15) is 16.7 Å². The first-order chi connectivity index (χ1) is 15.2. The minimum atomic E-state index is -0.222. The van der Waals surface area contributed by atoms with Crippen LogP contribution in [0.2, 0.25) is 0 Å². The topological polar surface area (TPSA) is 83.6 Å². The molecule has 7 nitrogen and oxygen atoms in total. The van der Waals surface area contributed by atoms with E-state index in [-0.39, 0.29) is 24.9 Å². The highest BCUT2D eigenvalue weighted by Gasteiger charge is 2.15. The van der Waals surface area contributed by atoms with E-state index in [4.69, 9.17) is 4.74 Å². The molecule has 0 spiro atoms. The predicted octanol–water partition coefficient (Wildman–Crippen LogP) is 4.25. The van der Waals surface area contributed by atoms with Gasteiger partial charge in [0, 0.05) is 22.7 Å². The number of hydrogen-bond acceptors (Lipinski definition) is 6. The maximum absolute atomic E-state index is 12.4. The van der Waals surface area contributed by atoms with Crippen molar-refractivity contribution in [3.63, 3.8) is 0 Å². The first-order valence-electron chi connectivity index (χ1n) is 10.2. The Morgan fingerprint density at radius 2 is 1.69 bits per heavy atom. The van der Waals surface area contributed by atoms with Crippen LogP contribution in [0.15, 0.2) is 41.8 Å². The van der Waals surface area contributed by atoms with Gasteiger partial charge in [-0.25, -0.2) is 4.98 Å². The highest BCUT2D eigenvalue weighted by molar-refractivity contribution is 7.14. The average molecular weight is 453 g/mol. The van der Waals surface area contributed by atoms with Gasteiger partial charge in [-0.3, -0.25) is 14.5 Å². The highest BCUT2D eigenvalue weighted by Crippen LogP contribution is 2.31. The number of benzene rings is 2. The number of carbonyl (C=O) groups is 2. The van der Waals surface area contributed by atoms with Gasteiger partial charge >= 0.3 is 0 Å². The Morgan fingerprint density at radius 3 is 2.34 bits per heavy atom. The molecule has 0 saturated carbocycles. The van der Waals surface area contributed by atoms with Crippen LogP contribution in [0.3, 0.4) is 0 Å². The molecule has 0 fully saturated rings. The molecule has 3 rings (SSSR count). The predicted molar refractivity (Wildman–Crippen MR) is 130 cm³/mol. The van der Waals surface area contributed by atoms with E-state index >= 15 is 0 Å². The van der Waals surface area contributed by atoms with Crippen molar-refractivity contribution in [2.24, 2.45) is 0 Å². The van der Waals surface area contributed by atoms with Gasteiger partial charge in [0.05, 0.1) is 25.9 Å².